The molecule has 1 unspecified atom stereocenters. The van der Waals surface area contributed by atoms with Crippen LogP contribution >= 0.6 is 0 Å². The molecule has 1 amide bonds. The molecule has 2 aromatic rings. The normalized spacial score (nSPS) is 19.1. The molecule has 0 aliphatic carbocycles. The summed E-state index contributed by atoms with van der Waals surface area (Å²) in [5.74, 6) is 0.671. The number of carbonyl (C=O) groups is 1. The van der Waals surface area contributed by atoms with Crippen molar-refractivity contribution in [1.82, 2.24) is 5.32 Å². The van der Waals surface area contributed by atoms with E-state index in [1.165, 1.54) is 16.9 Å². The number of rotatable bonds is 5. The third-order valence-electron chi connectivity index (χ3n) is 5.31. The highest BCUT2D eigenvalue weighted by Crippen LogP contribution is 2.27. The van der Waals surface area contributed by atoms with E-state index >= 15 is 0 Å². The summed E-state index contributed by atoms with van der Waals surface area (Å²) < 4.78 is 0. The minimum atomic E-state index is 0.134. The molecular weight excluding hydrogens is 310 g/mol. The maximum absolute atomic E-state index is 12.4. The average Bonchev–Trinajstić information content (AvgIpc) is 3.28. The van der Waals surface area contributed by atoms with Crippen molar-refractivity contribution < 1.29 is 4.79 Å². The highest BCUT2D eigenvalue weighted by molar-refractivity contribution is 5.82. The number of carbonyl (C=O) groups excluding carboxylic acids is 1. The molecule has 2 aliphatic heterocycles. The Morgan fingerprint density at radius 1 is 1.04 bits per heavy atom. The Morgan fingerprint density at radius 2 is 1.84 bits per heavy atom. The standard InChI is InChI=1S/C21H25N3O/c25-21(16-24-13-11-18-6-4-5-9-20(18)24)22-14-17-10-12-23(15-17)19-7-2-1-3-8-19/h1-9,17H,10-16H2,(H,22,25). The largest absolute Gasteiger partial charge is 0.371 e. The van der Waals surface area contributed by atoms with E-state index in [9.17, 15) is 4.79 Å². The van der Waals surface area contributed by atoms with Crippen molar-refractivity contribution in [3.63, 3.8) is 0 Å². The first-order valence-corrected chi connectivity index (χ1v) is 9.19. The van der Waals surface area contributed by atoms with Gasteiger partial charge in [0.1, 0.15) is 0 Å². The lowest BCUT2D eigenvalue weighted by Crippen LogP contribution is -2.39. The second kappa shape index (κ2) is 7.18. The van der Waals surface area contributed by atoms with E-state index in [0.717, 1.165) is 39.0 Å². The molecule has 2 aliphatic rings. The van der Waals surface area contributed by atoms with Gasteiger partial charge in [-0.15, -0.1) is 0 Å². The third kappa shape index (κ3) is 3.63. The number of amides is 1. The molecular formula is C21H25N3O. The van der Waals surface area contributed by atoms with Gasteiger partial charge in [-0.2, -0.15) is 0 Å². The fourth-order valence-electron chi connectivity index (χ4n) is 3.93. The number of nitrogens with zero attached hydrogens (tertiary/aromatic N) is 2. The number of nitrogens with one attached hydrogen (secondary N) is 1. The van der Waals surface area contributed by atoms with Crippen molar-refractivity contribution in [3.8, 4) is 0 Å². The number of fused-ring (bicyclic) bond motifs is 1. The van der Waals surface area contributed by atoms with Gasteiger partial charge in [0.25, 0.3) is 0 Å². The summed E-state index contributed by atoms with van der Waals surface area (Å²) in [6.45, 7) is 4.28. The molecule has 0 spiro atoms. The Labute approximate surface area is 149 Å². The number of benzene rings is 2. The van der Waals surface area contributed by atoms with E-state index in [1.54, 1.807) is 0 Å². The first-order chi connectivity index (χ1) is 12.3. The van der Waals surface area contributed by atoms with E-state index in [1.807, 2.05) is 12.1 Å². The zero-order valence-electron chi connectivity index (χ0n) is 14.5. The van der Waals surface area contributed by atoms with Crippen molar-refractivity contribution >= 4 is 17.3 Å². The van der Waals surface area contributed by atoms with E-state index in [0.29, 0.717) is 12.5 Å². The fourth-order valence-corrected chi connectivity index (χ4v) is 3.93. The first kappa shape index (κ1) is 16.0. The maximum Gasteiger partial charge on any atom is 0.239 e. The molecule has 4 rings (SSSR count). The van der Waals surface area contributed by atoms with Crippen LogP contribution in [0.4, 0.5) is 11.4 Å². The van der Waals surface area contributed by atoms with Crippen molar-refractivity contribution in [2.75, 3.05) is 42.5 Å². The molecule has 2 aromatic carbocycles. The topological polar surface area (TPSA) is 35.6 Å². The third-order valence-corrected chi connectivity index (χ3v) is 5.31. The Kier molecular flexibility index (Phi) is 4.59. The molecule has 1 N–H and O–H groups in total. The Morgan fingerprint density at radius 3 is 2.72 bits per heavy atom. The minimum absolute atomic E-state index is 0.134. The van der Waals surface area contributed by atoms with Crippen LogP contribution in [0.25, 0.3) is 0 Å². The molecule has 0 saturated carbocycles. The van der Waals surface area contributed by atoms with Crippen LogP contribution in [0.15, 0.2) is 54.6 Å². The van der Waals surface area contributed by atoms with Crippen molar-refractivity contribution in [1.29, 1.82) is 0 Å². The Balaban J connectivity index is 1.25. The summed E-state index contributed by atoms with van der Waals surface area (Å²) in [6, 6.07) is 18.9. The lowest BCUT2D eigenvalue weighted by molar-refractivity contribution is -0.119. The van der Waals surface area contributed by atoms with E-state index in [-0.39, 0.29) is 5.91 Å². The van der Waals surface area contributed by atoms with Crippen LogP contribution in [0.3, 0.4) is 0 Å². The highest BCUT2D eigenvalue weighted by Gasteiger charge is 2.24. The summed E-state index contributed by atoms with van der Waals surface area (Å²) >= 11 is 0. The van der Waals surface area contributed by atoms with Crippen LogP contribution in [0, 0.1) is 5.92 Å². The Bertz CT molecular complexity index is 731. The maximum atomic E-state index is 12.4. The zero-order chi connectivity index (χ0) is 17.1. The fraction of sp³-hybridized carbons (Fsp3) is 0.381. The van der Waals surface area contributed by atoms with Gasteiger partial charge < -0.3 is 15.1 Å². The second-order valence-corrected chi connectivity index (χ2v) is 7.04. The van der Waals surface area contributed by atoms with Crippen molar-refractivity contribution in [2.45, 2.75) is 12.8 Å². The van der Waals surface area contributed by atoms with Crippen LogP contribution in [0.2, 0.25) is 0 Å². The molecule has 1 saturated heterocycles. The smallest absolute Gasteiger partial charge is 0.239 e. The number of hydrogen-bond donors (Lipinski definition) is 1. The molecule has 0 radical (unpaired) electrons. The van der Waals surface area contributed by atoms with Gasteiger partial charge in [-0.3, -0.25) is 4.79 Å². The van der Waals surface area contributed by atoms with E-state index in [2.05, 4.69) is 57.6 Å². The predicted octanol–water partition coefficient (Wildman–Crippen LogP) is 2.69. The van der Waals surface area contributed by atoms with Gasteiger partial charge in [-0.1, -0.05) is 36.4 Å². The van der Waals surface area contributed by atoms with Crippen molar-refractivity contribution in [3.05, 3.63) is 60.2 Å². The number of hydrogen-bond acceptors (Lipinski definition) is 3. The minimum Gasteiger partial charge on any atom is -0.371 e. The van der Waals surface area contributed by atoms with Crippen LogP contribution < -0.4 is 15.1 Å². The van der Waals surface area contributed by atoms with E-state index < -0.39 is 0 Å². The molecule has 2 heterocycles. The van der Waals surface area contributed by atoms with Gasteiger partial charge >= 0.3 is 0 Å². The molecule has 1 fully saturated rings. The van der Waals surface area contributed by atoms with Gasteiger partial charge in [-0.05, 0) is 42.5 Å². The van der Waals surface area contributed by atoms with Crippen LogP contribution in [-0.4, -0.2) is 38.6 Å². The quantitative estimate of drug-likeness (QED) is 0.912. The molecule has 4 heteroatoms. The summed E-state index contributed by atoms with van der Waals surface area (Å²) in [6.07, 6.45) is 2.18. The SMILES string of the molecule is O=C(CN1CCc2ccccc21)NCC1CCN(c2ccccc2)C1. The van der Waals surface area contributed by atoms with E-state index in [4.69, 9.17) is 0 Å². The van der Waals surface area contributed by atoms with Gasteiger partial charge in [0.05, 0.1) is 6.54 Å². The first-order valence-electron chi connectivity index (χ1n) is 9.19. The lowest BCUT2D eigenvalue weighted by Gasteiger charge is -2.20. The summed E-state index contributed by atoms with van der Waals surface area (Å²) in [4.78, 5) is 17.0. The number of anilines is 2. The second-order valence-electron chi connectivity index (χ2n) is 7.04. The van der Waals surface area contributed by atoms with Crippen LogP contribution in [0.1, 0.15) is 12.0 Å². The van der Waals surface area contributed by atoms with Gasteiger partial charge in [0.2, 0.25) is 5.91 Å². The average molecular weight is 335 g/mol. The van der Waals surface area contributed by atoms with Gasteiger partial charge in [0.15, 0.2) is 0 Å². The van der Waals surface area contributed by atoms with Gasteiger partial charge in [-0.25, -0.2) is 0 Å². The molecule has 1 atom stereocenters. The summed E-state index contributed by atoms with van der Waals surface area (Å²) in [5, 5.41) is 3.15. The molecule has 4 nitrogen and oxygen atoms in total. The number of para-hydroxylation sites is 2. The lowest BCUT2D eigenvalue weighted by atomic mass is 10.1. The highest BCUT2D eigenvalue weighted by atomic mass is 16.2. The van der Waals surface area contributed by atoms with Crippen LogP contribution in [0.5, 0.6) is 0 Å². The Hall–Kier alpha value is -2.49. The monoisotopic (exact) mass is 335 g/mol. The van der Waals surface area contributed by atoms with Gasteiger partial charge in [0, 0.05) is 37.6 Å². The zero-order valence-corrected chi connectivity index (χ0v) is 14.5. The van der Waals surface area contributed by atoms with Crippen molar-refractivity contribution in [2.24, 2.45) is 5.92 Å². The summed E-state index contributed by atoms with van der Waals surface area (Å²) in [5.41, 5.74) is 3.85. The molecule has 130 valence electrons. The van der Waals surface area contributed by atoms with Crippen LogP contribution in [-0.2, 0) is 11.2 Å². The summed E-state index contributed by atoms with van der Waals surface area (Å²) in [7, 11) is 0. The molecule has 0 bridgehead atoms. The predicted molar refractivity (Wildman–Crippen MR) is 102 cm³/mol. The molecule has 25 heavy (non-hydrogen) atoms. The molecule has 0 aromatic heterocycles.